The fourth-order valence-corrected chi connectivity index (χ4v) is 3.42. The average Bonchev–Trinajstić information content (AvgIpc) is 2.77. The summed E-state index contributed by atoms with van der Waals surface area (Å²) in [6.07, 6.45) is 1.91. The van der Waals surface area contributed by atoms with Crippen molar-refractivity contribution < 1.29 is 14.6 Å². The second-order valence-electron chi connectivity index (χ2n) is 7.09. The summed E-state index contributed by atoms with van der Waals surface area (Å²) in [5.74, 6) is -0.948. The van der Waals surface area contributed by atoms with Crippen molar-refractivity contribution in [3.8, 4) is 11.6 Å². The van der Waals surface area contributed by atoms with E-state index in [0.29, 0.717) is 23.5 Å². The molecule has 0 spiro atoms. The maximum atomic E-state index is 12.5. The second-order valence-corrected chi connectivity index (χ2v) is 7.94. The van der Waals surface area contributed by atoms with Gasteiger partial charge in [-0.1, -0.05) is 22.9 Å². The zero-order valence-electron chi connectivity index (χ0n) is 17.8. The Morgan fingerprint density at radius 3 is 2.50 bits per heavy atom. The van der Waals surface area contributed by atoms with Crippen LogP contribution in [-0.4, -0.2) is 33.4 Å². The van der Waals surface area contributed by atoms with Gasteiger partial charge >= 0.3 is 11.7 Å². The van der Waals surface area contributed by atoms with Crippen LogP contribution in [0.5, 0.6) is 5.88 Å². The predicted octanol–water partition coefficient (Wildman–Crippen LogP) is 3.93. The van der Waals surface area contributed by atoms with E-state index < -0.39 is 23.1 Å². The molecule has 0 saturated carbocycles. The van der Waals surface area contributed by atoms with Crippen molar-refractivity contribution in [2.45, 2.75) is 27.2 Å². The van der Waals surface area contributed by atoms with Crippen molar-refractivity contribution in [1.82, 2.24) is 9.55 Å². The van der Waals surface area contributed by atoms with Crippen LogP contribution in [0, 0.1) is 13.8 Å². The minimum absolute atomic E-state index is 0.170. The van der Waals surface area contributed by atoms with Crippen molar-refractivity contribution in [2.75, 3.05) is 6.61 Å². The topological polar surface area (TPSA) is 114 Å². The molecule has 3 rings (SSSR count). The number of esters is 1. The molecule has 0 aliphatic carbocycles. The van der Waals surface area contributed by atoms with E-state index in [2.05, 4.69) is 25.9 Å². The normalized spacial score (nSPS) is 11.1. The number of carbonyl (C=O) groups is 1. The van der Waals surface area contributed by atoms with Gasteiger partial charge in [-0.3, -0.25) is 14.8 Å². The first-order valence-corrected chi connectivity index (χ1v) is 10.7. The van der Waals surface area contributed by atoms with E-state index in [9.17, 15) is 19.5 Å². The van der Waals surface area contributed by atoms with Gasteiger partial charge in [0.2, 0.25) is 5.88 Å². The number of aromatic hydroxyl groups is 1. The third-order valence-electron chi connectivity index (χ3n) is 4.94. The molecular weight excluding hydrogens is 478 g/mol. The molecule has 0 saturated heterocycles. The van der Waals surface area contributed by atoms with E-state index in [0.717, 1.165) is 26.6 Å². The standard InChI is InChI=1S/C23H22BrN3O5/c1-4-11-32-22(30)15-5-7-16(8-6-15)25-12-17-20(28)26-23(31)27(21(17)29)19-10-9-18(24)13(2)14(19)3/h5-10,12,29H,4,11H2,1-3H3,(H,26,28,31). The third kappa shape index (κ3) is 4.72. The zero-order chi connectivity index (χ0) is 23.4. The Hall–Kier alpha value is -3.46. The lowest BCUT2D eigenvalue weighted by Crippen LogP contribution is -2.31. The average molecular weight is 500 g/mol. The molecule has 1 heterocycles. The molecule has 3 aromatic rings. The van der Waals surface area contributed by atoms with Crippen LogP contribution in [-0.2, 0) is 4.74 Å². The van der Waals surface area contributed by atoms with Gasteiger partial charge in [0.25, 0.3) is 5.56 Å². The number of aliphatic imine (C=N–C) groups is 1. The molecule has 0 unspecified atom stereocenters. The molecule has 0 bridgehead atoms. The number of hydrogen-bond acceptors (Lipinski definition) is 6. The van der Waals surface area contributed by atoms with Crippen LogP contribution in [0.1, 0.15) is 40.4 Å². The smallest absolute Gasteiger partial charge is 0.338 e. The Morgan fingerprint density at radius 2 is 1.84 bits per heavy atom. The third-order valence-corrected chi connectivity index (χ3v) is 5.80. The fourth-order valence-electron chi connectivity index (χ4n) is 2.99. The van der Waals surface area contributed by atoms with E-state index in [-0.39, 0.29) is 5.56 Å². The van der Waals surface area contributed by atoms with E-state index in [4.69, 9.17) is 4.74 Å². The lowest BCUT2D eigenvalue weighted by molar-refractivity contribution is 0.0505. The summed E-state index contributed by atoms with van der Waals surface area (Å²) in [5.41, 5.74) is 1.23. The van der Waals surface area contributed by atoms with Crippen molar-refractivity contribution in [3.63, 3.8) is 0 Å². The minimum atomic E-state index is -0.765. The molecule has 8 nitrogen and oxygen atoms in total. The highest BCUT2D eigenvalue weighted by atomic mass is 79.9. The molecular formula is C23H22BrN3O5. The van der Waals surface area contributed by atoms with Gasteiger partial charge in [0.05, 0.1) is 23.5 Å². The molecule has 0 amide bonds. The van der Waals surface area contributed by atoms with Crippen LogP contribution >= 0.6 is 15.9 Å². The van der Waals surface area contributed by atoms with Crippen LogP contribution in [0.3, 0.4) is 0 Å². The number of rotatable bonds is 6. The predicted molar refractivity (Wildman–Crippen MR) is 126 cm³/mol. The van der Waals surface area contributed by atoms with Crippen LogP contribution < -0.4 is 11.2 Å². The van der Waals surface area contributed by atoms with E-state index in [1.165, 1.54) is 6.21 Å². The Balaban J connectivity index is 1.98. The number of benzene rings is 2. The number of nitrogens with one attached hydrogen (secondary N) is 1. The summed E-state index contributed by atoms with van der Waals surface area (Å²) >= 11 is 3.43. The summed E-state index contributed by atoms with van der Waals surface area (Å²) in [7, 11) is 0. The quantitative estimate of drug-likeness (QED) is 0.394. The van der Waals surface area contributed by atoms with Gasteiger partial charge in [0.1, 0.15) is 5.56 Å². The lowest BCUT2D eigenvalue weighted by atomic mass is 10.1. The van der Waals surface area contributed by atoms with Gasteiger partial charge in [-0.25, -0.2) is 14.2 Å². The summed E-state index contributed by atoms with van der Waals surface area (Å²) in [4.78, 5) is 43.1. The van der Waals surface area contributed by atoms with Crippen LogP contribution in [0.2, 0.25) is 0 Å². The summed E-state index contributed by atoms with van der Waals surface area (Å²) in [5, 5.41) is 10.7. The van der Waals surface area contributed by atoms with Gasteiger partial charge in [0, 0.05) is 10.7 Å². The second kappa shape index (κ2) is 9.78. The Labute approximate surface area is 192 Å². The van der Waals surface area contributed by atoms with Gasteiger partial charge in [0.15, 0.2) is 0 Å². The minimum Gasteiger partial charge on any atom is -0.493 e. The highest BCUT2D eigenvalue weighted by Gasteiger charge is 2.17. The number of aromatic nitrogens is 2. The SMILES string of the molecule is CCCOC(=O)c1ccc(N=Cc2c(O)n(-c3ccc(Br)c(C)c3C)c(=O)[nH]c2=O)cc1. The Kier molecular flexibility index (Phi) is 7.09. The summed E-state index contributed by atoms with van der Waals surface area (Å²) in [6, 6.07) is 9.72. The fraction of sp³-hybridized carbons (Fsp3) is 0.217. The molecule has 0 aliphatic rings. The van der Waals surface area contributed by atoms with Crippen molar-refractivity contribution in [2.24, 2.45) is 4.99 Å². The summed E-state index contributed by atoms with van der Waals surface area (Å²) < 4.78 is 6.97. The van der Waals surface area contributed by atoms with Gasteiger partial charge in [-0.15, -0.1) is 0 Å². The molecule has 166 valence electrons. The molecule has 1 aromatic heterocycles. The first-order valence-electron chi connectivity index (χ1n) is 9.90. The van der Waals surface area contributed by atoms with Gasteiger partial charge in [-0.2, -0.15) is 0 Å². The number of hydrogen-bond donors (Lipinski definition) is 2. The molecule has 0 fully saturated rings. The maximum absolute atomic E-state index is 12.5. The molecule has 0 aliphatic heterocycles. The molecule has 0 atom stereocenters. The van der Waals surface area contributed by atoms with Crippen LogP contribution in [0.25, 0.3) is 5.69 Å². The van der Waals surface area contributed by atoms with Crippen LogP contribution in [0.4, 0.5) is 5.69 Å². The number of nitrogens with zero attached hydrogens (tertiary/aromatic N) is 2. The number of aromatic amines is 1. The first-order chi connectivity index (χ1) is 15.2. The number of carbonyl (C=O) groups excluding carboxylic acids is 1. The zero-order valence-corrected chi connectivity index (χ0v) is 19.4. The van der Waals surface area contributed by atoms with Crippen LogP contribution in [0.15, 0.2) is 55.5 Å². The van der Waals surface area contributed by atoms with Crippen molar-refractivity contribution in [1.29, 1.82) is 0 Å². The van der Waals surface area contributed by atoms with Crippen molar-refractivity contribution >= 4 is 33.8 Å². The van der Waals surface area contributed by atoms with Gasteiger partial charge < -0.3 is 9.84 Å². The highest BCUT2D eigenvalue weighted by molar-refractivity contribution is 9.10. The molecule has 9 heteroatoms. The monoisotopic (exact) mass is 499 g/mol. The number of ether oxygens (including phenoxy) is 1. The molecule has 2 aromatic carbocycles. The lowest BCUT2D eigenvalue weighted by Gasteiger charge is -2.14. The largest absolute Gasteiger partial charge is 0.493 e. The van der Waals surface area contributed by atoms with E-state index >= 15 is 0 Å². The maximum Gasteiger partial charge on any atom is 0.338 e. The molecule has 32 heavy (non-hydrogen) atoms. The molecule has 2 N–H and O–H groups in total. The Morgan fingerprint density at radius 1 is 1.16 bits per heavy atom. The molecule has 0 radical (unpaired) electrons. The van der Waals surface area contributed by atoms with E-state index in [1.807, 2.05) is 20.8 Å². The summed E-state index contributed by atoms with van der Waals surface area (Å²) in [6.45, 7) is 5.94. The number of H-pyrrole nitrogens is 1. The first kappa shape index (κ1) is 23.2. The highest BCUT2D eigenvalue weighted by Crippen LogP contribution is 2.26. The van der Waals surface area contributed by atoms with Crippen molar-refractivity contribution in [3.05, 3.63) is 84.0 Å². The van der Waals surface area contributed by atoms with E-state index in [1.54, 1.807) is 36.4 Å². The Bertz CT molecular complexity index is 1310. The number of halogens is 1. The van der Waals surface area contributed by atoms with Gasteiger partial charge in [-0.05, 0) is 67.8 Å².